The van der Waals surface area contributed by atoms with E-state index in [2.05, 4.69) is 38.3 Å². The van der Waals surface area contributed by atoms with Gasteiger partial charge in [-0.15, -0.1) is 0 Å². The summed E-state index contributed by atoms with van der Waals surface area (Å²) in [6, 6.07) is 0.546. The Morgan fingerprint density at radius 1 is 1.26 bits per heavy atom. The Bertz CT molecular complexity index is 506. The standard InChI is InChI=1S/C17H29N3O2S/c1-16(2)10-20(17(16,3)4)13(21)8-6-5-7-12-14-11(9-23-12)18-15(22)19-14/h11-12,14H,5-10H2,1-4H3,(H2,18,19,22)/t11-,12-,14-/m0/s1. The fourth-order valence-corrected chi connectivity index (χ4v) is 5.40. The van der Waals surface area contributed by atoms with Crippen LogP contribution in [0.4, 0.5) is 4.79 Å². The van der Waals surface area contributed by atoms with Crippen molar-refractivity contribution in [2.45, 2.75) is 76.3 Å². The Kier molecular flexibility index (Phi) is 4.32. The highest BCUT2D eigenvalue weighted by molar-refractivity contribution is 8.00. The van der Waals surface area contributed by atoms with Gasteiger partial charge in [-0.1, -0.05) is 20.3 Å². The number of likely N-dealkylation sites (tertiary alicyclic amines) is 1. The van der Waals surface area contributed by atoms with Crippen LogP contribution in [0.25, 0.3) is 0 Å². The summed E-state index contributed by atoms with van der Waals surface area (Å²) in [6.07, 6.45) is 3.73. The van der Waals surface area contributed by atoms with Gasteiger partial charge in [0, 0.05) is 34.9 Å². The van der Waals surface area contributed by atoms with Crippen LogP contribution in [-0.2, 0) is 4.79 Å². The first-order valence-corrected chi connectivity index (χ1v) is 9.76. The largest absolute Gasteiger partial charge is 0.336 e. The predicted octanol–water partition coefficient (Wildman–Crippen LogP) is 2.36. The molecule has 2 N–H and O–H groups in total. The molecular weight excluding hydrogens is 310 g/mol. The zero-order valence-corrected chi connectivity index (χ0v) is 15.5. The summed E-state index contributed by atoms with van der Waals surface area (Å²) in [5, 5.41) is 6.49. The zero-order valence-electron chi connectivity index (χ0n) is 14.6. The molecule has 3 aliphatic heterocycles. The van der Waals surface area contributed by atoms with Gasteiger partial charge in [0.15, 0.2) is 0 Å². The minimum absolute atomic E-state index is 0.0249. The maximum Gasteiger partial charge on any atom is 0.315 e. The molecule has 3 heterocycles. The maximum absolute atomic E-state index is 12.4. The highest BCUT2D eigenvalue weighted by atomic mass is 32.2. The van der Waals surface area contributed by atoms with Gasteiger partial charge in [-0.3, -0.25) is 4.79 Å². The van der Waals surface area contributed by atoms with Crippen LogP contribution < -0.4 is 10.6 Å². The van der Waals surface area contributed by atoms with Gasteiger partial charge in [-0.05, 0) is 26.7 Å². The molecule has 0 aliphatic carbocycles. The SMILES string of the molecule is CC1(C)CN(C(=O)CCCC[C@@H]2SC[C@@H]3NC(=O)N[C@@H]32)C1(C)C. The molecule has 3 atom stereocenters. The molecular formula is C17H29N3O2S. The number of carbonyl (C=O) groups is 2. The zero-order chi connectivity index (χ0) is 16.8. The van der Waals surface area contributed by atoms with Crippen LogP contribution in [0.3, 0.4) is 0 Å². The molecule has 3 fully saturated rings. The lowest BCUT2D eigenvalue weighted by molar-refractivity contribution is -0.167. The third-order valence-electron chi connectivity index (χ3n) is 6.25. The molecule has 0 spiro atoms. The van der Waals surface area contributed by atoms with Gasteiger partial charge in [0.05, 0.1) is 12.1 Å². The summed E-state index contributed by atoms with van der Waals surface area (Å²) in [6.45, 7) is 9.67. The molecule has 23 heavy (non-hydrogen) atoms. The molecule has 0 unspecified atom stereocenters. The average Bonchev–Trinajstić information content (AvgIpc) is 3.00. The van der Waals surface area contributed by atoms with Gasteiger partial charge in [0.1, 0.15) is 0 Å². The van der Waals surface area contributed by atoms with Crippen LogP contribution in [0.1, 0.15) is 53.4 Å². The van der Waals surface area contributed by atoms with E-state index in [0.29, 0.717) is 23.6 Å². The first-order valence-electron chi connectivity index (χ1n) is 8.71. The second-order valence-corrected chi connectivity index (χ2v) is 9.56. The van der Waals surface area contributed by atoms with Crippen molar-refractivity contribution in [2.75, 3.05) is 12.3 Å². The second-order valence-electron chi connectivity index (χ2n) is 8.29. The maximum atomic E-state index is 12.4. The predicted molar refractivity (Wildman–Crippen MR) is 93.5 cm³/mol. The van der Waals surface area contributed by atoms with E-state index in [4.69, 9.17) is 0 Å². The molecule has 6 heteroatoms. The second kappa shape index (κ2) is 5.87. The number of carbonyl (C=O) groups excluding carboxylic acids is 2. The lowest BCUT2D eigenvalue weighted by atomic mass is 9.65. The smallest absolute Gasteiger partial charge is 0.315 e. The number of unbranched alkanes of at least 4 members (excludes halogenated alkanes) is 1. The Labute approximate surface area is 143 Å². The molecule has 0 radical (unpaired) electrons. The van der Waals surface area contributed by atoms with Crippen molar-refractivity contribution in [3.63, 3.8) is 0 Å². The molecule has 0 aromatic rings. The quantitative estimate of drug-likeness (QED) is 0.597. The highest BCUT2D eigenvalue weighted by Gasteiger charge is 2.54. The van der Waals surface area contributed by atoms with E-state index in [1.807, 2.05) is 16.7 Å². The topological polar surface area (TPSA) is 61.4 Å². The van der Waals surface area contributed by atoms with Crippen molar-refractivity contribution in [1.29, 1.82) is 0 Å². The van der Waals surface area contributed by atoms with Crippen molar-refractivity contribution in [3.05, 3.63) is 0 Å². The Morgan fingerprint density at radius 2 is 2.00 bits per heavy atom. The van der Waals surface area contributed by atoms with Gasteiger partial charge in [0.25, 0.3) is 0 Å². The number of hydrogen-bond donors (Lipinski definition) is 2. The summed E-state index contributed by atoms with van der Waals surface area (Å²) in [4.78, 5) is 25.8. The van der Waals surface area contributed by atoms with Crippen LogP contribution >= 0.6 is 11.8 Å². The van der Waals surface area contributed by atoms with Crippen LogP contribution in [0.15, 0.2) is 0 Å². The Hall–Kier alpha value is -0.910. The van der Waals surface area contributed by atoms with Crippen molar-refractivity contribution in [1.82, 2.24) is 15.5 Å². The fourth-order valence-electron chi connectivity index (χ4n) is 3.86. The van der Waals surface area contributed by atoms with Crippen molar-refractivity contribution in [3.8, 4) is 0 Å². The molecule has 0 bridgehead atoms. The summed E-state index contributed by atoms with van der Waals surface area (Å²) < 4.78 is 0. The molecule has 5 nitrogen and oxygen atoms in total. The summed E-state index contributed by atoms with van der Waals surface area (Å²) in [7, 11) is 0. The summed E-state index contributed by atoms with van der Waals surface area (Å²) >= 11 is 1.94. The van der Waals surface area contributed by atoms with Gasteiger partial charge in [-0.25, -0.2) is 4.79 Å². The summed E-state index contributed by atoms with van der Waals surface area (Å²) in [5.74, 6) is 1.30. The lowest BCUT2D eigenvalue weighted by Crippen LogP contribution is -2.70. The van der Waals surface area contributed by atoms with E-state index >= 15 is 0 Å². The molecule has 0 aromatic carbocycles. The number of nitrogens with zero attached hydrogens (tertiary/aromatic N) is 1. The highest BCUT2D eigenvalue weighted by Crippen LogP contribution is 2.46. The average molecular weight is 340 g/mol. The fraction of sp³-hybridized carbons (Fsp3) is 0.882. The lowest BCUT2D eigenvalue weighted by Gasteiger charge is -2.61. The molecule has 3 saturated heterocycles. The van der Waals surface area contributed by atoms with E-state index < -0.39 is 0 Å². The third-order valence-corrected chi connectivity index (χ3v) is 7.76. The van der Waals surface area contributed by atoms with Gasteiger partial charge >= 0.3 is 6.03 Å². The number of nitrogens with one attached hydrogen (secondary N) is 2. The van der Waals surface area contributed by atoms with Gasteiger partial charge in [0.2, 0.25) is 5.91 Å². The normalized spacial score (nSPS) is 33.7. The van der Waals surface area contributed by atoms with Crippen LogP contribution in [0.2, 0.25) is 0 Å². The Morgan fingerprint density at radius 3 is 2.65 bits per heavy atom. The van der Waals surface area contributed by atoms with E-state index in [9.17, 15) is 9.59 Å². The van der Waals surface area contributed by atoms with Crippen LogP contribution in [0, 0.1) is 5.41 Å². The minimum atomic E-state index is -0.0294. The number of fused-ring (bicyclic) bond motifs is 1. The van der Waals surface area contributed by atoms with E-state index in [0.717, 1.165) is 31.6 Å². The minimum Gasteiger partial charge on any atom is -0.336 e. The molecule has 130 valence electrons. The number of hydrogen-bond acceptors (Lipinski definition) is 3. The van der Waals surface area contributed by atoms with E-state index in [1.165, 1.54) is 0 Å². The number of thioether (sulfide) groups is 1. The summed E-state index contributed by atoms with van der Waals surface area (Å²) in [5.41, 5.74) is 0.185. The number of amides is 3. The Balaban J connectivity index is 1.38. The molecule has 3 aliphatic rings. The van der Waals surface area contributed by atoms with E-state index in [-0.39, 0.29) is 23.0 Å². The van der Waals surface area contributed by atoms with Gasteiger partial charge < -0.3 is 15.5 Å². The van der Waals surface area contributed by atoms with Crippen molar-refractivity contribution >= 4 is 23.7 Å². The van der Waals surface area contributed by atoms with Crippen LogP contribution in [-0.4, -0.2) is 52.0 Å². The number of urea groups is 1. The molecule has 3 amide bonds. The first kappa shape index (κ1) is 16.9. The number of rotatable bonds is 5. The molecule has 3 rings (SSSR count). The van der Waals surface area contributed by atoms with Crippen LogP contribution in [0.5, 0.6) is 0 Å². The first-order chi connectivity index (χ1) is 10.7. The van der Waals surface area contributed by atoms with E-state index in [1.54, 1.807) is 0 Å². The molecule has 0 aromatic heterocycles. The monoisotopic (exact) mass is 339 g/mol. The van der Waals surface area contributed by atoms with Crippen molar-refractivity contribution < 1.29 is 9.59 Å². The van der Waals surface area contributed by atoms with Gasteiger partial charge in [-0.2, -0.15) is 11.8 Å². The third kappa shape index (κ3) is 2.94. The van der Waals surface area contributed by atoms with Crippen molar-refractivity contribution in [2.24, 2.45) is 5.41 Å². The molecule has 0 saturated carbocycles.